The second-order valence-corrected chi connectivity index (χ2v) is 5.55. The van der Waals surface area contributed by atoms with Gasteiger partial charge in [0, 0.05) is 9.79 Å². The van der Waals surface area contributed by atoms with Crippen molar-refractivity contribution >= 4 is 35.0 Å². The molecule has 0 spiro atoms. The van der Waals surface area contributed by atoms with Crippen molar-refractivity contribution in [2.24, 2.45) is 0 Å². The van der Waals surface area contributed by atoms with Crippen LogP contribution in [0.25, 0.3) is 0 Å². The summed E-state index contributed by atoms with van der Waals surface area (Å²) in [5, 5.41) is 9.88. The normalized spacial score (nSPS) is 10.1. The number of nitrogens with zero attached hydrogens (tertiary/aromatic N) is 1. The van der Waals surface area contributed by atoms with Crippen LogP contribution in [0.2, 0.25) is 10.0 Å². The maximum absolute atomic E-state index is 8.79. The Balaban J connectivity index is 2.28. The first-order valence-electron chi connectivity index (χ1n) is 5.28. The van der Waals surface area contributed by atoms with Gasteiger partial charge < -0.3 is 0 Å². The van der Waals surface area contributed by atoms with E-state index in [4.69, 9.17) is 28.5 Å². The minimum atomic E-state index is 0.407. The standard InChI is InChI=1S/C14H9Cl2NS/c15-12-6-5-11(9-13(12)16)18-14-4-2-1-3-10(14)7-8-17/h1-6,9H,7H2. The fourth-order valence-electron chi connectivity index (χ4n) is 1.50. The minimum Gasteiger partial charge on any atom is -0.198 e. The largest absolute Gasteiger partial charge is 0.198 e. The average Bonchev–Trinajstić information content (AvgIpc) is 2.37. The number of rotatable bonds is 3. The first-order valence-corrected chi connectivity index (χ1v) is 6.85. The second kappa shape index (κ2) is 6.15. The zero-order chi connectivity index (χ0) is 13.0. The summed E-state index contributed by atoms with van der Waals surface area (Å²) in [7, 11) is 0. The van der Waals surface area contributed by atoms with Crippen LogP contribution in [-0.2, 0) is 6.42 Å². The first kappa shape index (κ1) is 13.3. The Morgan fingerprint density at radius 1 is 1.06 bits per heavy atom. The van der Waals surface area contributed by atoms with Crippen LogP contribution in [0.15, 0.2) is 52.3 Å². The van der Waals surface area contributed by atoms with E-state index < -0.39 is 0 Å². The fourth-order valence-corrected chi connectivity index (χ4v) is 2.85. The van der Waals surface area contributed by atoms with E-state index in [2.05, 4.69) is 6.07 Å². The quantitative estimate of drug-likeness (QED) is 0.775. The van der Waals surface area contributed by atoms with Gasteiger partial charge in [-0.1, -0.05) is 53.2 Å². The molecule has 1 nitrogen and oxygen atoms in total. The number of hydrogen-bond donors (Lipinski definition) is 0. The van der Waals surface area contributed by atoms with Crippen LogP contribution < -0.4 is 0 Å². The molecule has 0 radical (unpaired) electrons. The lowest BCUT2D eigenvalue weighted by Gasteiger charge is -2.07. The van der Waals surface area contributed by atoms with Gasteiger partial charge in [0.25, 0.3) is 0 Å². The molecule has 0 fully saturated rings. The number of halogens is 2. The van der Waals surface area contributed by atoms with E-state index in [1.54, 1.807) is 17.8 Å². The van der Waals surface area contributed by atoms with E-state index in [1.807, 2.05) is 36.4 Å². The van der Waals surface area contributed by atoms with Gasteiger partial charge in [0.05, 0.1) is 22.5 Å². The minimum absolute atomic E-state index is 0.407. The third kappa shape index (κ3) is 3.20. The predicted molar refractivity (Wildman–Crippen MR) is 76.3 cm³/mol. The highest BCUT2D eigenvalue weighted by molar-refractivity contribution is 7.99. The molecule has 0 atom stereocenters. The van der Waals surface area contributed by atoms with E-state index in [0.717, 1.165) is 15.4 Å². The molecule has 0 saturated heterocycles. The number of benzene rings is 2. The van der Waals surface area contributed by atoms with Crippen LogP contribution >= 0.6 is 35.0 Å². The van der Waals surface area contributed by atoms with E-state index in [1.165, 1.54) is 0 Å². The zero-order valence-electron chi connectivity index (χ0n) is 9.36. The molecule has 2 aromatic rings. The molecular formula is C14H9Cl2NS. The molecule has 0 amide bonds. The lowest BCUT2D eigenvalue weighted by atomic mass is 10.2. The molecule has 0 heterocycles. The Labute approximate surface area is 120 Å². The molecule has 0 aliphatic heterocycles. The highest BCUT2D eigenvalue weighted by atomic mass is 35.5. The van der Waals surface area contributed by atoms with Gasteiger partial charge in [-0.25, -0.2) is 0 Å². The maximum Gasteiger partial charge on any atom is 0.0670 e. The van der Waals surface area contributed by atoms with E-state index in [0.29, 0.717) is 16.5 Å². The third-order valence-corrected chi connectivity index (χ3v) is 4.21. The second-order valence-electron chi connectivity index (χ2n) is 3.62. The van der Waals surface area contributed by atoms with E-state index in [-0.39, 0.29) is 0 Å². The molecule has 0 N–H and O–H groups in total. The summed E-state index contributed by atoms with van der Waals surface area (Å²) in [4.78, 5) is 2.08. The molecule has 0 saturated carbocycles. The number of nitriles is 1. The highest BCUT2D eigenvalue weighted by Gasteiger charge is 2.05. The van der Waals surface area contributed by atoms with Crippen molar-refractivity contribution < 1.29 is 0 Å². The Kier molecular flexibility index (Phi) is 4.54. The summed E-state index contributed by atoms with van der Waals surface area (Å²) in [5.74, 6) is 0. The Hall–Kier alpha value is -1.14. The Morgan fingerprint density at radius 3 is 2.56 bits per heavy atom. The molecule has 0 unspecified atom stereocenters. The smallest absolute Gasteiger partial charge is 0.0670 e. The van der Waals surface area contributed by atoms with Crippen LogP contribution in [0.4, 0.5) is 0 Å². The van der Waals surface area contributed by atoms with Crippen LogP contribution in [0.1, 0.15) is 5.56 Å². The lowest BCUT2D eigenvalue weighted by molar-refractivity contribution is 1.18. The molecular weight excluding hydrogens is 285 g/mol. The lowest BCUT2D eigenvalue weighted by Crippen LogP contribution is -1.85. The monoisotopic (exact) mass is 293 g/mol. The fraction of sp³-hybridized carbons (Fsp3) is 0.0714. The van der Waals surface area contributed by atoms with Gasteiger partial charge >= 0.3 is 0 Å². The Morgan fingerprint density at radius 2 is 1.83 bits per heavy atom. The van der Waals surface area contributed by atoms with Gasteiger partial charge in [0.2, 0.25) is 0 Å². The van der Waals surface area contributed by atoms with Crippen molar-refractivity contribution in [2.75, 3.05) is 0 Å². The van der Waals surface area contributed by atoms with E-state index in [9.17, 15) is 0 Å². The molecule has 0 aliphatic rings. The zero-order valence-corrected chi connectivity index (χ0v) is 11.7. The molecule has 0 aromatic heterocycles. The van der Waals surface area contributed by atoms with E-state index >= 15 is 0 Å². The van der Waals surface area contributed by atoms with Gasteiger partial charge in [-0.05, 0) is 29.8 Å². The topological polar surface area (TPSA) is 23.8 Å². The van der Waals surface area contributed by atoms with Crippen molar-refractivity contribution in [3.05, 3.63) is 58.1 Å². The number of hydrogen-bond acceptors (Lipinski definition) is 2. The van der Waals surface area contributed by atoms with Crippen molar-refractivity contribution in [3.63, 3.8) is 0 Å². The van der Waals surface area contributed by atoms with Crippen LogP contribution in [0.5, 0.6) is 0 Å². The summed E-state index contributed by atoms with van der Waals surface area (Å²) in [6, 6.07) is 15.6. The van der Waals surface area contributed by atoms with Crippen molar-refractivity contribution in [1.82, 2.24) is 0 Å². The van der Waals surface area contributed by atoms with Crippen LogP contribution in [0, 0.1) is 11.3 Å². The molecule has 90 valence electrons. The van der Waals surface area contributed by atoms with Gasteiger partial charge in [-0.2, -0.15) is 5.26 Å². The summed E-state index contributed by atoms with van der Waals surface area (Å²) < 4.78 is 0. The summed E-state index contributed by atoms with van der Waals surface area (Å²) in [6.07, 6.45) is 0.407. The van der Waals surface area contributed by atoms with Crippen molar-refractivity contribution in [3.8, 4) is 6.07 Å². The van der Waals surface area contributed by atoms with Crippen LogP contribution in [0.3, 0.4) is 0 Å². The summed E-state index contributed by atoms with van der Waals surface area (Å²) in [5.41, 5.74) is 1.02. The first-order chi connectivity index (χ1) is 8.70. The average molecular weight is 294 g/mol. The SMILES string of the molecule is N#CCc1ccccc1Sc1ccc(Cl)c(Cl)c1. The summed E-state index contributed by atoms with van der Waals surface area (Å²) in [6.45, 7) is 0. The van der Waals surface area contributed by atoms with Gasteiger partial charge in [-0.3, -0.25) is 0 Å². The van der Waals surface area contributed by atoms with Crippen molar-refractivity contribution in [2.45, 2.75) is 16.2 Å². The molecule has 2 rings (SSSR count). The van der Waals surface area contributed by atoms with Gasteiger partial charge in [0.15, 0.2) is 0 Å². The molecule has 2 aromatic carbocycles. The molecule has 0 bridgehead atoms. The predicted octanol–water partition coefficient (Wildman–Crippen LogP) is 5.21. The van der Waals surface area contributed by atoms with Gasteiger partial charge in [0.1, 0.15) is 0 Å². The molecule has 4 heteroatoms. The van der Waals surface area contributed by atoms with Crippen LogP contribution in [-0.4, -0.2) is 0 Å². The molecule has 0 aliphatic carbocycles. The van der Waals surface area contributed by atoms with Gasteiger partial charge in [-0.15, -0.1) is 0 Å². The molecule has 18 heavy (non-hydrogen) atoms. The van der Waals surface area contributed by atoms with Crippen molar-refractivity contribution in [1.29, 1.82) is 5.26 Å². The Bertz CT molecular complexity index is 605. The maximum atomic E-state index is 8.79. The third-order valence-electron chi connectivity index (χ3n) is 2.36. The highest BCUT2D eigenvalue weighted by Crippen LogP contribution is 2.34. The summed E-state index contributed by atoms with van der Waals surface area (Å²) >= 11 is 13.4.